The molecular formula is C17H19IN4O6S. The van der Waals surface area contributed by atoms with Crippen LogP contribution in [0.5, 0.6) is 0 Å². The Morgan fingerprint density at radius 3 is 2.62 bits per heavy atom. The van der Waals surface area contributed by atoms with Crippen molar-refractivity contribution in [2.75, 3.05) is 18.1 Å². The number of nitrogens with one attached hydrogen (secondary N) is 1. The number of halogens is 1. The number of nitrogen functional groups attached to an aromatic ring is 1. The molecule has 0 aromatic carbocycles. The number of carboxylic acids is 1. The highest BCUT2D eigenvalue weighted by atomic mass is 127. The van der Waals surface area contributed by atoms with Gasteiger partial charge in [-0.3, -0.25) is 19.3 Å². The van der Waals surface area contributed by atoms with E-state index in [1.807, 2.05) is 0 Å². The Morgan fingerprint density at radius 2 is 2.03 bits per heavy atom. The molecule has 0 aliphatic carbocycles. The number of hydrogen-bond donors (Lipinski definition) is 3. The van der Waals surface area contributed by atoms with Crippen LogP contribution in [0.3, 0.4) is 0 Å². The van der Waals surface area contributed by atoms with E-state index in [2.05, 4.69) is 5.32 Å². The summed E-state index contributed by atoms with van der Waals surface area (Å²) in [5.74, 6) is -2.42. The van der Waals surface area contributed by atoms with Crippen molar-refractivity contribution in [3.05, 3.63) is 35.8 Å². The monoisotopic (exact) mass is 534 g/mol. The van der Waals surface area contributed by atoms with Gasteiger partial charge in [-0.2, -0.15) is 4.57 Å². The molecule has 1 aromatic rings. The predicted octanol–water partition coefficient (Wildman–Crippen LogP) is -4.14. The Kier molecular flexibility index (Phi) is 7.46. The summed E-state index contributed by atoms with van der Waals surface area (Å²) < 4.78 is 6.49. The lowest BCUT2D eigenvalue weighted by molar-refractivity contribution is -0.684. The van der Waals surface area contributed by atoms with E-state index in [0.29, 0.717) is 11.3 Å². The summed E-state index contributed by atoms with van der Waals surface area (Å²) in [5.41, 5.74) is 6.33. The minimum Gasteiger partial charge on any atom is -1.00 e. The van der Waals surface area contributed by atoms with Crippen LogP contribution in [-0.2, 0) is 30.5 Å². The smallest absolute Gasteiger partial charge is 0.352 e. The number of carbonyl (C=O) groups excluding carboxylic acids is 3. The molecule has 0 saturated carbocycles. The van der Waals surface area contributed by atoms with Gasteiger partial charge < -0.3 is 44.9 Å². The van der Waals surface area contributed by atoms with Crippen LogP contribution in [0, 0.1) is 0 Å². The molecule has 2 unspecified atom stereocenters. The van der Waals surface area contributed by atoms with Gasteiger partial charge in [-0.05, 0) is 0 Å². The molecule has 1 aromatic heterocycles. The minimum absolute atomic E-state index is 0. The maximum absolute atomic E-state index is 12.5. The van der Waals surface area contributed by atoms with Crippen molar-refractivity contribution in [3.63, 3.8) is 0 Å². The van der Waals surface area contributed by atoms with Crippen molar-refractivity contribution >= 4 is 41.2 Å². The molecule has 0 radical (unpaired) electrons. The van der Waals surface area contributed by atoms with Gasteiger partial charge in [-0.1, -0.05) is 0 Å². The molecule has 2 aliphatic rings. The Balaban J connectivity index is 0.00000300. The molecule has 0 bridgehead atoms. The molecule has 3 heterocycles. The van der Waals surface area contributed by atoms with E-state index in [1.54, 1.807) is 29.1 Å². The van der Waals surface area contributed by atoms with Crippen LogP contribution < -0.4 is 39.6 Å². The fourth-order valence-electron chi connectivity index (χ4n) is 2.94. The van der Waals surface area contributed by atoms with E-state index in [1.165, 1.54) is 18.7 Å². The van der Waals surface area contributed by atoms with Gasteiger partial charge in [0.1, 0.15) is 23.7 Å². The van der Waals surface area contributed by atoms with Crippen LogP contribution in [0.15, 0.2) is 35.8 Å². The standard InChI is InChI=1S/C17H18N4O6S.HI/c1-9(22)27-7-10-8-28-16-13(15(24)21(16)14(10)17(25)26)19-12(23)6-20-4-2-11(18)3-5-20;/h2-5,13,16,18H,6-8H2,1H3,(H2,19,23,25,26);1H. The fraction of sp³-hybridized carbons (Fsp3) is 0.353. The van der Waals surface area contributed by atoms with E-state index in [9.17, 15) is 24.3 Å². The van der Waals surface area contributed by atoms with Gasteiger partial charge in [-0.15, -0.1) is 11.8 Å². The summed E-state index contributed by atoms with van der Waals surface area (Å²) in [6.07, 6.45) is 3.29. The quantitative estimate of drug-likeness (QED) is 0.145. The maximum atomic E-state index is 12.5. The highest BCUT2D eigenvalue weighted by Crippen LogP contribution is 2.40. The predicted molar refractivity (Wildman–Crippen MR) is 97.4 cm³/mol. The minimum atomic E-state index is -1.27. The van der Waals surface area contributed by atoms with Gasteiger partial charge in [0.05, 0.1) is 0 Å². The van der Waals surface area contributed by atoms with Crippen molar-refractivity contribution in [1.82, 2.24) is 10.2 Å². The lowest BCUT2D eigenvalue weighted by Crippen LogP contribution is -3.00. The largest absolute Gasteiger partial charge is 1.00 e. The number of aromatic nitrogens is 1. The second-order valence-corrected chi connectivity index (χ2v) is 7.40. The van der Waals surface area contributed by atoms with Crippen LogP contribution in [0.4, 0.5) is 5.69 Å². The van der Waals surface area contributed by atoms with Gasteiger partial charge in [-0.25, -0.2) is 4.79 Å². The molecule has 1 fully saturated rings. The molecule has 156 valence electrons. The number of aliphatic carboxylic acids is 1. The third kappa shape index (κ3) is 4.98. The number of pyridine rings is 1. The number of β-lactam (4-membered cyclic amide) rings is 1. The second kappa shape index (κ2) is 9.43. The van der Waals surface area contributed by atoms with Crippen LogP contribution in [0.25, 0.3) is 0 Å². The first-order valence-corrected chi connectivity index (χ1v) is 9.40. The zero-order valence-electron chi connectivity index (χ0n) is 15.3. The first-order valence-electron chi connectivity index (χ1n) is 8.35. The number of esters is 1. The molecule has 1 saturated heterocycles. The van der Waals surface area contributed by atoms with Gasteiger partial charge >= 0.3 is 11.9 Å². The van der Waals surface area contributed by atoms with Crippen molar-refractivity contribution in [3.8, 4) is 0 Å². The number of amides is 2. The molecule has 2 atom stereocenters. The van der Waals surface area contributed by atoms with Crippen LogP contribution in [0.2, 0.25) is 0 Å². The van der Waals surface area contributed by atoms with E-state index in [4.69, 9.17) is 10.5 Å². The van der Waals surface area contributed by atoms with Gasteiger partial charge in [0.25, 0.3) is 11.8 Å². The highest BCUT2D eigenvalue weighted by Gasteiger charge is 2.54. The number of carbonyl (C=O) groups is 4. The molecule has 10 nitrogen and oxygen atoms in total. The van der Waals surface area contributed by atoms with E-state index < -0.39 is 29.3 Å². The lowest BCUT2D eigenvalue weighted by Gasteiger charge is -2.49. The molecule has 29 heavy (non-hydrogen) atoms. The number of nitrogens with two attached hydrogens (primary N) is 1. The first-order chi connectivity index (χ1) is 13.3. The third-order valence-electron chi connectivity index (χ3n) is 4.26. The van der Waals surface area contributed by atoms with E-state index in [0.717, 1.165) is 4.90 Å². The summed E-state index contributed by atoms with van der Waals surface area (Å²) in [4.78, 5) is 48.5. The maximum Gasteiger partial charge on any atom is 0.352 e. The van der Waals surface area contributed by atoms with Gasteiger partial charge in [0.15, 0.2) is 12.4 Å². The third-order valence-corrected chi connectivity index (χ3v) is 5.60. The molecule has 3 rings (SSSR count). The summed E-state index contributed by atoms with van der Waals surface area (Å²) in [7, 11) is 0. The van der Waals surface area contributed by atoms with Crippen molar-refractivity contribution in [1.29, 1.82) is 0 Å². The van der Waals surface area contributed by atoms with Crippen LogP contribution in [-0.4, -0.2) is 57.5 Å². The normalized spacial score (nSPS) is 20.2. The molecule has 0 spiro atoms. The fourth-order valence-corrected chi connectivity index (χ4v) is 4.27. The molecule has 12 heteroatoms. The Bertz CT molecular complexity index is 875. The topological polar surface area (TPSA) is 143 Å². The SMILES string of the molecule is CC(=O)OCC1=C(C(=O)O)N2C(=O)C(NC(=O)C[n+]3ccc(N)cc3)C2SC1.[I-]. The van der Waals surface area contributed by atoms with Crippen LogP contribution >= 0.6 is 11.8 Å². The first kappa shape index (κ1) is 22.9. The molecule has 4 N–H and O–H groups in total. The van der Waals surface area contributed by atoms with E-state index in [-0.39, 0.29) is 54.5 Å². The average Bonchev–Trinajstić information content (AvgIpc) is 2.65. The molecule has 2 aliphatic heterocycles. The Hall–Kier alpha value is -2.35. The average molecular weight is 534 g/mol. The Labute approximate surface area is 187 Å². The van der Waals surface area contributed by atoms with Crippen LogP contribution in [0.1, 0.15) is 6.92 Å². The number of ether oxygens (including phenoxy) is 1. The van der Waals surface area contributed by atoms with Gasteiger partial charge in [0, 0.05) is 36.1 Å². The van der Waals surface area contributed by atoms with E-state index >= 15 is 0 Å². The number of anilines is 1. The summed E-state index contributed by atoms with van der Waals surface area (Å²) in [6, 6.07) is 2.49. The summed E-state index contributed by atoms with van der Waals surface area (Å²) in [5, 5.41) is 11.6. The lowest BCUT2D eigenvalue weighted by atomic mass is 10.0. The summed E-state index contributed by atoms with van der Waals surface area (Å²) in [6.45, 7) is 1.03. The Morgan fingerprint density at radius 1 is 1.38 bits per heavy atom. The number of nitrogens with zero attached hydrogens (tertiary/aromatic N) is 2. The molecule has 2 amide bonds. The number of thioether (sulfide) groups is 1. The number of rotatable bonds is 6. The highest BCUT2D eigenvalue weighted by molar-refractivity contribution is 8.00. The second-order valence-electron chi connectivity index (χ2n) is 6.30. The van der Waals surface area contributed by atoms with Crippen molar-refractivity contribution in [2.45, 2.75) is 24.9 Å². The van der Waals surface area contributed by atoms with Crippen molar-refractivity contribution < 1.29 is 57.6 Å². The zero-order chi connectivity index (χ0) is 20.4. The summed E-state index contributed by atoms with van der Waals surface area (Å²) >= 11 is 1.31. The number of carboxylic acid groups (broad SMARTS) is 1. The number of hydrogen-bond acceptors (Lipinski definition) is 7. The molecular weight excluding hydrogens is 515 g/mol. The number of fused-ring (bicyclic) bond motifs is 1. The van der Waals surface area contributed by atoms with Gasteiger partial charge in [0.2, 0.25) is 6.54 Å². The van der Waals surface area contributed by atoms with Crippen molar-refractivity contribution in [2.24, 2.45) is 0 Å². The zero-order valence-corrected chi connectivity index (χ0v) is 18.3.